The molecule has 7 nitrogen and oxygen atoms in total. The first kappa shape index (κ1) is 15.9. The van der Waals surface area contributed by atoms with E-state index in [1.807, 2.05) is 6.92 Å². The van der Waals surface area contributed by atoms with Crippen LogP contribution in [0, 0.1) is 10.1 Å². The van der Waals surface area contributed by atoms with E-state index in [1.165, 1.54) is 25.2 Å². The van der Waals surface area contributed by atoms with Gasteiger partial charge in [0.1, 0.15) is 5.69 Å². The van der Waals surface area contributed by atoms with E-state index >= 15 is 0 Å². The Labute approximate surface area is 117 Å². The molecule has 0 aliphatic rings. The van der Waals surface area contributed by atoms with Gasteiger partial charge in [-0.2, -0.15) is 0 Å². The van der Waals surface area contributed by atoms with Crippen molar-refractivity contribution >= 4 is 17.3 Å². The highest BCUT2D eigenvalue weighted by atomic mass is 16.6. The molecule has 7 heteroatoms. The molecule has 110 valence electrons. The van der Waals surface area contributed by atoms with Crippen LogP contribution in [0.5, 0.6) is 0 Å². The Hall–Kier alpha value is -2.15. The summed E-state index contributed by atoms with van der Waals surface area (Å²) in [4.78, 5) is 22.0. The van der Waals surface area contributed by atoms with Crippen LogP contribution >= 0.6 is 0 Å². The van der Waals surface area contributed by atoms with E-state index in [-0.39, 0.29) is 23.3 Å². The number of carbonyl (C=O) groups excluding carboxylic acids is 1. The van der Waals surface area contributed by atoms with Crippen molar-refractivity contribution in [1.82, 2.24) is 5.32 Å². The van der Waals surface area contributed by atoms with E-state index in [4.69, 9.17) is 0 Å². The van der Waals surface area contributed by atoms with Gasteiger partial charge in [-0.15, -0.1) is 0 Å². The molecule has 20 heavy (non-hydrogen) atoms. The Bertz CT molecular complexity index is 502. The first-order valence-electron chi connectivity index (χ1n) is 6.30. The molecule has 0 heterocycles. The van der Waals surface area contributed by atoms with Gasteiger partial charge in [0.05, 0.1) is 11.0 Å². The van der Waals surface area contributed by atoms with Crippen LogP contribution in [0.2, 0.25) is 0 Å². The maximum absolute atomic E-state index is 11.6. The van der Waals surface area contributed by atoms with Gasteiger partial charge in [-0.3, -0.25) is 14.9 Å². The highest BCUT2D eigenvalue weighted by molar-refractivity contribution is 5.95. The van der Waals surface area contributed by atoms with Gasteiger partial charge in [-0.1, -0.05) is 0 Å². The van der Waals surface area contributed by atoms with Crippen molar-refractivity contribution in [2.45, 2.75) is 32.4 Å². The zero-order chi connectivity index (χ0) is 15.3. The largest absolute Gasteiger partial charge is 0.393 e. The molecule has 0 radical (unpaired) electrons. The molecule has 0 fully saturated rings. The number of rotatable bonds is 6. The van der Waals surface area contributed by atoms with Gasteiger partial charge in [0.15, 0.2) is 0 Å². The number of aliphatic hydroxyl groups is 1. The lowest BCUT2D eigenvalue weighted by atomic mass is 10.1. The lowest BCUT2D eigenvalue weighted by Gasteiger charge is -2.17. The summed E-state index contributed by atoms with van der Waals surface area (Å²) in [6.07, 6.45) is -0.0693. The number of nitrogens with zero attached hydrogens (tertiary/aromatic N) is 1. The van der Waals surface area contributed by atoms with Crippen LogP contribution in [-0.2, 0) is 0 Å². The Morgan fingerprint density at radius 1 is 1.45 bits per heavy atom. The third-order valence-corrected chi connectivity index (χ3v) is 2.78. The van der Waals surface area contributed by atoms with E-state index < -0.39 is 11.0 Å². The molecule has 0 aromatic heterocycles. The molecule has 3 N–H and O–H groups in total. The topological polar surface area (TPSA) is 104 Å². The van der Waals surface area contributed by atoms with Gasteiger partial charge in [0.25, 0.3) is 11.6 Å². The summed E-state index contributed by atoms with van der Waals surface area (Å²) in [6, 6.07) is 3.98. The van der Waals surface area contributed by atoms with Crippen LogP contribution in [0.15, 0.2) is 18.2 Å². The monoisotopic (exact) mass is 281 g/mol. The van der Waals surface area contributed by atoms with E-state index in [0.717, 1.165) is 0 Å². The summed E-state index contributed by atoms with van der Waals surface area (Å²) in [5, 5.41) is 25.7. The van der Waals surface area contributed by atoms with Crippen molar-refractivity contribution < 1.29 is 14.8 Å². The Kier molecular flexibility index (Phi) is 5.45. The second-order valence-corrected chi connectivity index (χ2v) is 4.70. The van der Waals surface area contributed by atoms with Crippen molar-refractivity contribution in [2.24, 2.45) is 0 Å². The molecule has 1 amide bonds. The minimum Gasteiger partial charge on any atom is -0.393 e. The summed E-state index contributed by atoms with van der Waals surface area (Å²) in [5.74, 6) is -0.314. The summed E-state index contributed by atoms with van der Waals surface area (Å²) in [5.41, 5.74) is 0.504. The number of aliphatic hydroxyl groups excluding tert-OH is 1. The molecule has 0 aliphatic carbocycles. The van der Waals surface area contributed by atoms with Gasteiger partial charge in [0.2, 0.25) is 0 Å². The van der Waals surface area contributed by atoms with Gasteiger partial charge >= 0.3 is 0 Å². The quantitative estimate of drug-likeness (QED) is 0.541. The van der Waals surface area contributed by atoms with Crippen molar-refractivity contribution in [3.63, 3.8) is 0 Å². The van der Waals surface area contributed by atoms with Crippen LogP contribution in [0.4, 0.5) is 11.4 Å². The fraction of sp³-hybridized carbons (Fsp3) is 0.462. The maximum Gasteiger partial charge on any atom is 0.292 e. The normalized spacial score (nSPS) is 13.4. The number of hydrogen-bond acceptors (Lipinski definition) is 5. The molecule has 0 bridgehead atoms. The van der Waals surface area contributed by atoms with E-state index in [2.05, 4.69) is 10.6 Å². The van der Waals surface area contributed by atoms with Crippen molar-refractivity contribution in [2.75, 3.05) is 12.4 Å². The van der Waals surface area contributed by atoms with Crippen molar-refractivity contribution in [3.8, 4) is 0 Å². The highest BCUT2D eigenvalue weighted by Gasteiger charge is 2.18. The number of nitro benzene ring substituents is 1. The van der Waals surface area contributed by atoms with Crippen LogP contribution in [-0.4, -0.2) is 35.1 Å². The minimum absolute atomic E-state index is 0.102. The zero-order valence-electron chi connectivity index (χ0n) is 11.7. The van der Waals surface area contributed by atoms with Gasteiger partial charge in [-0.25, -0.2) is 0 Å². The minimum atomic E-state index is -0.515. The fourth-order valence-electron chi connectivity index (χ4n) is 1.93. The number of nitrogens with one attached hydrogen (secondary N) is 2. The molecule has 0 saturated heterocycles. The molecule has 1 aromatic carbocycles. The van der Waals surface area contributed by atoms with Gasteiger partial charge in [0, 0.05) is 24.7 Å². The lowest BCUT2D eigenvalue weighted by molar-refractivity contribution is -0.384. The lowest BCUT2D eigenvalue weighted by Crippen LogP contribution is -2.22. The molecular formula is C13H19N3O4. The van der Waals surface area contributed by atoms with Crippen molar-refractivity contribution in [3.05, 3.63) is 33.9 Å². The van der Waals surface area contributed by atoms with Crippen LogP contribution < -0.4 is 10.6 Å². The first-order valence-corrected chi connectivity index (χ1v) is 6.30. The predicted octanol–water partition coefficient (Wildman–Crippen LogP) is 1.53. The number of anilines is 1. The molecule has 0 saturated carbocycles. The second kappa shape index (κ2) is 6.85. The summed E-state index contributed by atoms with van der Waals surface area (Å²) in [6.45, 7) is 3.45. The molecular weight excluding hydrogens is 262 g/mol. The van der Waals surface area contributed by atoms with Gasteiger partial charge < -0.3 is 15.7 Å². The smallest absolute Gasteiger partial charge is 0.292 e. The number of benzene rings is 1. The third-order valence-electron chi connectivity index (χ3n) is 2.78. The number of amides is 1. The van der Waals surface area contributed by atoms with Crippen molar-refractivity contribution in [1.29, 1.82) is 0 Å². The number of nitro groups is 1. The molecule has 2 unspecified atom stereocenters. The van der Waals surface area contributed by atoms with Crippen LogP contribution in [0.25, 0.3) is 0 Å². The first-order chi connectivity index (χ1) is 9.35. The Morgan fingerprint density at radius 2 is 2.10 bits per heavy atom. The fourth-order valence-corrected chi connectivity index (χ4v) is 1.93. The van der Waals surface area contributed by atoms with Crippen LogP contribution in [0.3, 0.4) is 0 Å². The average Bonchev–Trinajstić information content (AvgIpc) is 2.36. The van der Waals surface area contributed by atoms with Crippen LogP contribution in [0.1, 0.15) is 30.6 Å². The summed E-state index contributed by atoms with van der Waals surface area (Å²) in [7, 11) is 1.49. The second-order valence-electron chi connectivity index (χ2n) is 4.70. The Balaban J connectivity index is 3.06. The SMILES string of the molecule is CNC(=O)c1ccc([N+](=O)[O-])c(NC(C)CC(C)O)c1. The molecule has 0 spiro atoms. The van der Waals surface area contributed by atoms with Gasteiger partial charge in [-0.05, 0) is 32.4 Å². The predicted molar refractivity (Wildman–Crippen MR) is 75.9 cm³/mol. The summed E-state index contributed by atoms with van der Waals surface area (Å²) < 4.78 is 0. The van der Waals surface area contributed by atoms with E-state index in [0.29, 0.717) is 12.0 Å². The standard InChI is InChI=1S/C13H19N3O4/c1-8(6-9(2)17)15-11-7-10(13(18)14-3)4-5-12(11)16(19)20/h4-5,7-9,15,17H,6H2,1-3H3,(H,14,18). The number of hydrogen-bond donors (Lipinski definition) is 3. The highest BCUT2D eigenvalue weighted by Crippen LogP contribution is 2.26. The van der Waals surface area contributed by atoms with E-state index in [9.17, 15) is 20.0 Å². The molecule has 1 aromatic rings. The third kappa shape index (κ3) is 4.20. The average molecular weight is 281 g/mol. The molecule has 1 rings (SSSR count). The molecule has 0 aliphatic heterocycles. The summed E-state index contributed by atoms with van der Waals surface area (Å²) >= 11 is 0. The van der Waals surface area contributed by atoms with E-state index in [1.54, 1.807) is 6.92 Å². The Morgan fingerprint density at radius 3 is 2.60 bits per heavy atom. The maximum atomic E-state index is 11.6. The number of carbonyl (C=O) groups is 1. The molecule has 2 atom stereocenters. The zero-order valence-corrected chi connectivity index (χ0v) is 11.7.